The molecule has 2 aliphatic rings. The number of methoxy groups -OCH3 is 2. The predicted molar refractivity (Wildman–Crippen MR) is 142 cm³/mol. The van der Waals surface area contributed by atoms with Gasteiger partial charge in [0.2, 0.25) is 0 Å². The predicted octanol–water partition coefficient (Wildman–Crippen LogP) is 5.96. The molecule has 1 aliphatic heterocycles. The number of carboxylic acid groups (broad SMARTS) is 1. The number of hydrogen-bond acceptors (Lipinski definition) is 5. The van der Waals surface area contributed by atoms with E-state index in [-0.39, 0.29) is 17.5 Å². The van der Waals surface area contributed by atoms with Crippen molar-refractivity contribution in [3.63, 3.8) is 0 Å². The van der Waals surface area contributed by atoms with E-state index in [0.29, 0.717) is 21.8 Å². The van der Waals surface area contributed by atoms with Crippen LogP contribution in [0.5, 0.6) is 11.5 Å². The lowest BCUT2D eigenvalue weighted by Crippen LogP contribution is -2.52. The van der Waals surface area contributed by atoms with Crippen molar-refractivity contribution in [3.05, 3.63) is 52.0 Å². The maximum absolute atomic E-state index is 12.7. The molecule has 214 valence electrons. The van der Waals surface area contributed by atoms with E-state index in [1.54, 1.807) is 32.4 Å². The van der Waals surface area contributed by atoms with E-state index in [1.807, 2.05) is 6.07 Å². The third kappa shape index (κ3) is 7.01. The number of fused-ring (bicyclic) bond motifs is 1. The number of aliphatic carboxylic acids is 1. The molecule has 0 bridgehead atoms. The molecule has 0 radical (unpaired) electrons. The number of carbonyl (C=O) groups excluding carboxylic acids is 1. The van der Waals surface area contributed by atoms with Gasteiger partial charge in [0.25, 0.3) is 0 Å². The molecule has 2 fully saturated rings. The molecule has 1 saturated heterocycles. The largest absolute Gasteiger partial charge is 0.493 e. The number of likely N-dealkylation sites (tertiary alicyclic amines) is 1. The van der Waals surface area contributed by atoms with Crippen molar-refractivity contribution in [1.29, 1.82) is 0 Å². The van der Waals surface area contributed by atoms with Crippen LogP contribution in [0.1, 0.15) is 31.2 Å². The van der Waals surface area contributed by atoms with Crippen LogP contribution in [0.3, 0.4) is 0 Å². The Morgan fingerprint density at radius 1 is 1.08 bits per heavy atom. The lowest BCUT2D eigenvalue weighted by molar-refractivity contribution is -0.192. The number of ether oxygens (including phenoxy) is 2. The zero-order valence-corrected chi connectivity index (χ0v) is 23.1. The number of carboxylic acids is 1. The average molecular weight is 592 g/mol. The van der Waals surface area contributed by atoms with Gasteiger partial charge in [-0.05, 0) is 69.1 Å². The Labute approximate surface area is 234 Å². The molecule has 0 spiro atoms. The highest BCUT2D eigenvalue weighted by Gasteiger charge is 2.50. The summed E-state index contributed by atoms with van der Waals surface area (Å²) in [4.78, 5) is 24.0. The number of urea groups is 1. The van der Waals surface area contributed by atoms with Crippen molar-refractivity contribution < 1.29 is 37.3 Å². The Morgan fingerprint density at radius 2 is 1.69 bits per heavy atom. The third-order valence-electron chi connectivity index (χ3n) is 7.26. The Morgan fingerprint density at radius 3 is 2.26 bits per heavy atom. The topological polar surface area (TPSA) is 100 Å². The maximum Gasteiger partial charge on any atom is 0.490 e. The minimum atomic E-state index is -5.08. The van der Waals surface area contributed by atoms with E-state index in [4.69, 9.17) is 42.6 Å². The summed E-state index contributed by atoms with van der Waals surface area (Å²) in [7, 11) is 5.49. The summed E-state index contributed by atoms with van der Waals surface area (Å²) in [5.41, 5.74) is 1.74. The van der Waals surface area contributed by atoms with Crippen molar-refractivity contribution in [2.24, 2.45) is 0 Å². The molecule has 1 aliphatic carbocycles. The Balaban J connectivity index is 0.000000532. The Kier molecular flexibility index (Phi) is 9.84. The number of carbonyl (C=O) groups is 2. The fourth-order valence-corrected chi connectivity index (χ4v) is 5.84. The molecule has 39 heavy (non-hydrogen) atoms. The fourth-order valence-electron chi connectivity index (χ4n) is 5.35. The highest BCUT2D eigenvalue weighted by molar-refractivity contribution is 6.39. The number of rotatable bonds is 5. The zero-order chi connectivity index (χ0) is 29.0. The lowest BCUT2D eigenvalue weighted by atomic mass is 9.65. The summed E-state index contributed by atoms with van der Waals surface area (Å²) < 4.78 is 42.7. The van der Waals surface area contributed by atoms with Gasteiger partial charge in [0, 0.05) is 17.5 Å². The van der Waals surface area contributed by atoms with Crippen LogP contribution >= 0.6 is 23.2 Å². The van der Waals surface area contributed by atoms with E-state index in [1.165, 1.54) is 5.56 Å². The van der Waals surface area contributed by atoms with Crippen LogP contribution in [0.4, 0.5) is 23.7 Å². The van der Waals surface area contributed by atoms with E-state index >= 15 is 0 Å². The molecule has 13 heteroatoms. The first-order valence-corrected chi connectivity index (χ1v) is 12.8. The second-order valence-electron chi connectivity index (χ2n) is 9.44. The molecule has 1 heterocycles. The van der Waals surface area contributed by atoms with Crippen LogP contribution in [0.15, 0.2) is 36.4 Å². The van der Waals surface area contributed by atoms with Crippen LogP contribution < -0.4 is 20.1 Å². The van der Waals surface area contributed by atoms with Crippen LogP contribution in [-0.2, 0) is 10.2 Å². The minimum absolute atomic E-state index is 0.0367. The number of amides is 2. The molecule has 3 N–H and O–H groups in total. The number of alkyl halides is 3. The van der Waals surface area contributed by atoms with Gasteiger partial charge in [-0.2, -0.15) is 13.2 Å². The third-order valence-corrected chi connectivity index (χ3v) is 7.89. The van der Waals surface area contributed by atoms with E-state index < -0.39 is 12.1 Å². The summed E-state index contributed by atoms with van der Waals surface area (Å²) in [5, 5.41) is 13.9. The molecule has 3 atom stereocenters. The first kappa shape index (κ1) is 30.6. The SMILES string of the molecule is COc1ccc(C23CCC(NC(=O)Nc4c(Cl)cccc4Cl)CC2N(C)CC3)cc1OC.O=C(O)C(F)(F)F. The molecule has 2 aromatic carbocycles. The Hall–Kier alpha value is -2.89. The molecule has 1 saturated carbocycles. The van der Waals surface area contributed by atoms with Crippen LogP contribution in [0.2, 0.25) is 10.0 Å². The van der Waals surface area contributed by atoms with E-state index in [2.05, 4.69) is 34.7 Å². The number of anilines is 1. The second kappa shape index (κ2) is 12.5. The molecule has 8 nitrogen and oxygen atoms in total. The first-order chi connectivity index (χ1) is 18.3. The average Bonchev–Trinajstić information content (AvgIpc) is 3.22. The second-order valence-corrected chi connectivity index (χ2v) is 10.3. The minimum Gasteiger partial charge on any atom is -0.493 e. The van der Waals surface area contributed by atoms with Crippen LogP contribution in [0.25, 0.3) is 0 Å². The standard InChI is InChI=1S/C24H29Cl2N3O3.C2HF3O2/c1-29-12-11-24(15-7-8-19(31-2)20(13-15)32-3)10-9-16(14-21(24)29)27-23(30)28-22-17(25)5-4-6-18(22)26;3-2(4,5)1(6)7/h4-8,13,16,21H,9-12,14H2,1-3H3,(H2,27,28,30);(H,6,7). The summed E-state index contributed by atoms with van der Waals surface area (Å²) in [5.74, 6) is -1.27. The van der Waals surface area contributed by atoms with Gasteiger partial charge in [0.15, 0.2) is 11.5 Å². The molecule has 0 aromatic heterocycles. The van der Waals surface area contributed by atoms with Gasteiger partial charge in [-0.1, -0.05) is 35.3 Å². The summed E-state index contributed by atoms with van der Waals surface area (Å²) >= 11 is 12.4. The van der Waals surface area contributed by atoms with Gasteiger partial charge in [-0.25, -0.2) is 9.59 Å². The quantitative estimate of drug-likeness (QED) is 0.397. The summed E-state index contributed by atoms with van der Waals surface area (Å²) in [6, 6.07) is 11.5. The number of halogens is 5. The lowest BCUT2D eigenvalue weighted by Gasteiger charge is -2.45. The fraction of sp³-hybridized carbons (Fsp3) is 0.462. The molecule has 3 unspecified atom stereocenters. The Bertz CT molecular complexity index is 1180. The van der Waals surface area contributed by atoms with Gasteiger partial charge < -0.3 is 30.1 Å². The summed E-state index contributed by atoms with van der Waals surface area (Å²) in [6.07, 6.45) is -1.26. The van der Waals surface area contributed by atoms with Gasteiger partial charge in [0.05, 0.1) is 30.0 Å². The van der Waals surface area contributed by atoms with E-state index in [9.17, 15) is 18.0 Å². The molecular formula is C26H30Cl2F3N3O5. The smallest absolute Gasteiger partial charge is 0.490 e. The van der Waals surface area contributed by atoms with Gasteiger partial charge in [-0.3, -0.25) is 0 Å². The van der Waals surface area contributed by atoms with Crippen molar-refractivity contribution in [1.82, 2.24) is 10.2 Å². The van der Waals surface area contributed by atoms with Crippen molar-refractivity contribution in [2.75, 3.05) is 33.1 Å². The number of para-hydroxylation sites is 1. The monoisotopic (exact) mass is 591 g/mol. The normalized spacial score (nSPS) is 22.7. The molecule has 4 rings (SSSR count). The number of nitrogens with zero attached hydrogens (tertiary/aromatic N) is 1. The van der Waals surface area contributed by atoms with Crippen molar-refractivity contribution in [3.8, 4) is 11.5 Å². The molecule has 2 aromatic rings. The van der Waals surface area contributed by atoms with Crippen molar-refractivity contribution >= 4 is 40.9 Å². The summed E-state index contributed by atoms with van der Waals surface area (Å²) in [6.45, 7) is 1.02. The number of hydrogen-bond donors (Lipinski definition) is 3. The number of likely N-dealkylation sites (N-methyl/N-ethyl adjacent to an activating group) is 1. The highest BCUT2D eigenvalue weighted by Crippen LogP contribution is 2.50. The van der Waals surface area contributed by atoms with E-state index in [0.717, 1.165) is 43.7 Å². The van der Waals surface area contributed by atoms with Crippen LogP contribution in [0, 0.1) is 0 Å². The number of benzene rings is 2. The van der Waals surface area contributed by atoms with Gasteiger partial charge >= 0.3 is 18.2 Å². The van der Waals surface area contributed by atoms with Gasteiger partial charge in [-0.15, -0.1) is 0 Å². The number of nitrogens with one attached hydrogen (secondary N) is 2. The first-order valence-electron chi connectivity index (χ1n) is 12.1. The van der Waals surface area contributed by atoms with Crippen molar-refractivity contribution in [2.45, 2.75) is 49.4 Å². The van der Waals surface area contributed by atoms with Crippen LogP contribution in [-0.4, -0.2) is 68.1 Å². The maximum atomic E-state index is 12.7. The zero-order valence-electron chi connectivity index (χ0n) is 21.6. The highest BCUT2D eigenvalue weighted by atomic mass is 35.5. The molecular weight excluding hydrogens is 562 g/mol. The van der Waals surface area contributed by atoms with Gasteiger partial charge in [0.1, 0.15) is 0 Å². The molecule has 2 amide bonds.